The zero-order valence-corrected chi connectivity index (χ0v) is 22.4. The molecular formula is C26H28ClN5O8. The molecule has 1 fully saturated rings. The molecule has 14 heteroatoms. The maximum absolute atomic E-state index is 13.3. The fraction of sp³-hybridized carbons (Fsp3) is 0.423. The van der Waals surface area contributed by atoms with E-state index in [-0.39, 0.29) is 41.9 Å². The summed E-state index contributed by atoms with van der Waals surface area (Å²) < 4.78 is 23.6. The number of hydrogen-bond donors (Lipinski definition) is 3. The second-order valence-corrected chi connectivity index (χ2v) is 9.21. The average molecular weight is 574 g/mol. The van der Waals surface area contributed by atoms with Gasteiger partial charge in [0.1, 0.15) is 17.7 Å². The molecule has 0 radical (unpaired) electrons. The molecule has 0 spiro atoms. The first-order valence-corrected chi connectivity index (χ1v) is 12.7. The number of carbonyl (C=O) groups is 2. The molecule has 0 bridgehead atoms. The normalized spacial score (nSPS) is 22.6. The summed E-state index contributed by atoms with van der Waals surface area (Å²) in [5, 5.41) is 22.2. The standard InChI is InChI=1S/C26H28ClN5O8/c1-4-25(36)16(40-21(18(25)33)32-14-29-17-19(28)30-24(27)31-20(17)32)13-39-26(22(34)37-5-2,23(35)38-6-3)12-15-10-8-7-9-11-15/h1,7-11,14,16,18,21,33,36H,5-6,12-13H2,2-3H3,(H2,28,30,31)/t16-,18+,21-,25-/m1/s1. The molecule has 1 aliphatic heterocycles. The number of imidazole rings is 1. The molecular weight excluding hydrogens is 546 g/mol. The van der Waals surface area contributed by atoms with Gasteiger partial charge in [-0.05, 0) is 31.0 Å². The number of rotatable bonds is 10. The van der Waals surface area contributed by atoms with Crippen LogP contribution in [0.1, 0.15) is 25.6 Å². The lowest BCUT2D eigenvalue weighted by Crippen LogP contribution is -2.56. The number of halogens is 1. The molecule has 0 saturated carbocycles. The highest BCUT2D eigenvalue weighted by Gasteiger charge is 2.58. The van der Waals surface area contributed by atoms with Crippen LogP contribution in [-0.4, -0.2) is 84.9 Å². The molecule has 4 N–H and O–H groups in total. The van der Waals surface area contributed by atoms with Crippen molar-refractivity contribution < 1.29 is 38.7 Å². The monoisotopic (exact) mass is 573 g/mol. The quantitative estimate of drug-likeness (QED) is 0.134. The van der Waals surface area contributed by atoms with Crippen LogP contribution in [0.15, 0.2) is 36.7 Å². The molecule has 13 nitrogen and oxygen atoms in total. The lowest BCUT2D eigenvalue weighted by Gasteiger charge is -2.32. The van der Waals surface area contributed by atoms with Gasteiger partial charge in [-0.15, -0.1) is 6.42 Å². The van der Waals surface area contributed by atoms with Gasteiger partial charge < -0.3 is 34.9 Å². The van der Waals surface area contributed by atoms with Crippen LogP contribution in [0.5, 0.6) is 0 Å². The van der Waals surface area contributed by atoms with Crippen LogP contribution < -0.4 is 5.73 Å². The summed E-state index contributed by atoms with van der Waals surface area (Å²) in [6.07, 6.45) is 2.14. The number of esters is 2. The third-order valence-electron chi connectivity index (χ3n) is 6.43. The van der Waals surface area contributed by atoms with Crippen LogP contribution in [0.3, 0.4) is 0 Å². The number of nitrogen functional groups attached to an aromatic ring is 1. The van der Waals surface area contributed by atoms with Gasteiger partial charge in [-0.3, -0.25) is 4.57 Å². The Kier molecular flexibility index (Phi) is 8.57. The third-order valence-corrected chi connectivity index (χ3v) is 6.60. The third kappa shape index (κ3) is 5.19. The average Bonchev–Trinajstić information content (AvgIpc) is 3.46. The van der Waals surface area contributed by atoms with E-state index in [1.54, 1.807) is 44.2 Å². The van der Waals surface area contributed by atoms with E-state index in [0.717, 1.165) is 0 Å². The minimum absolute atomic E-state index is 0.0112. The van der Waals surface area contributed by atoms with Crippen molar-refractivity contribution in [3.05, 3.63) is 47.5 Å². The molecule has 0 aliphatic carbocycles. The zero-order chi connectivity index (χ0) is 29.1. The second kappa shape index (κ2) is 11.7. The fourth-order valence-electron chi connectivity index (χ4n) is 4.41. The van der Waals surface area contributed by atoms with E-state index < -0.39 is 48.2 Å². The van der Waals surface area contributed by atoms with Crippen LogP contribution in [-0.2, 0) is 35.0 Å². The molecule has 40 heavy (non-hydrogen) atoms. The van der Waals surface area contributed by atoms with Crippen LogP contribution in [0.2, 0.25) is 5.28 Å². The number of carbonyl (C=O) groups excluding carboxylic acids is 2. The lowest BCUT2D eigenvalue weighted by atomic mass is 9.91. The molecule has 4 atom stereocenters. The highest BCUT2D eigenvalue weighted by Crippen LogP contribution is 2.39. The number of aromatic nitrogens is 4. The Balaban J connectivity index is 1.70. The van der Waals surface area contributed by atoms with Gasteiger partial charge in [-0.2, -0.15) is 9.97 Å². The highest BCUT2D eigenvalue weighted by molar-refractivity contribution is 6.28. The topological polar surface area (TPSA) is 181 Å². The molecule has 1 aliphatic rings. The maximum atomic E-state index is 13.3. The fourth-order valence-corrected chi connectivity index (χ4v) is 4.58. The summed E-state index contributed by atoms with van der Waals surface area (Å²) >= 11 is 5.95. The Morgan fingerprint density at radius 2 is 1.88 bits per heavy atom. The van der Waals surface area contributed by atoms with E-state index >= 15 is 0 Å². The number of nitrogens with zero attached hydrogens (tertiary/aromatic N) is 4. The van der Waals surface area contributed by atoms with Crippen LogP contribution >= 0.6 is 11.6 Å². The van der Waals surface area contributed by atoms with E-state index in [0.29, 0.717) is 5.56 Å². The molecule has 0 amide bonds. The van der Waals surface area contributed by atoms with Crippen molar-refractivity contribution in [1.29, 1.82) is 0 Å². The lowest BCUT2D eigenvalue weighted by molar-refractivity contribution is -0.198. The number of aliphatic hydroxyl groups is 2. The zero-order valence-electron chi connectivity index (χ0n) is 21.7. The number of anilines is 1. The summed E-state index contributed by atoms with van der Waals surface area (Å²) in [5.74, 6) is 0.136. The maximum Gasteiger partial charge on any atom is 0.350 e. The summed E-state index contributed by atoms with van der Waals surface area (Å²) in [6.45, 7) is 2.44. The first kappa shape index (κ1) is 29.2. The smallest absolute Gasteiger partial charge is 0.350 e. The van der Waals surface area contributed by atoms with Crippen molar-refractivity contribution in [3.8, 4) is 12.3 Å². The van der Waals surface area contributed by atoms with Crippen molar-refractivity contribution in [2.45, 2.75) is 49.9 Å². The van der Waals surface area contributed by atoms with Crippen molar-refractivity contribution >= 4 is 40.5 Å². The SMILES string of the molecule is C#C[C@@]1(O)[C@@H](COC(Cc2ccccc2)(C(=O)OCC)C(=O)OCC)O[C@@H](n2cnc3c(N)nc(Cl)nc32)[C@@H]1O. The van der Waals surface area contributed by atoms with Gasteiger partial charge in [0, 0.05) is 6.42 Å². The molecule has 3 aromatic rings. The van der Waals surface area contributed by atoms with Crippen molar-refractivity contribution in [3.63, 3.8) is 0 Å². The van der Waals surface area contributed by atoms with Gasteiger partial charge in [0.2, 0.25) is 5.28 Å². The Morgan fingerprint density at radius 1 is 1.23 bits per heavy atom. The largest absolute Gasteiger partial charge is 0.463 e. The van der Waals surface area contributed by atoms with Crippen molar-refractivity contribution in [2.75, 3.05) is 25.6 Å². The summed E-state index contributed by atoms with van der Waals surface area (Å²) in [4.78, 5) is 38.6. The Labute approximate surface area is 234 Å². The summed E-state index contributed by atoms with van der Waals surface area (Å²) in [6, 6.07) is 8.62. The van der Waals surface area contributed by atoms with Gasteiger partial charge in [0.25, 0.3) is 5.60 Å². The van der Waals surface area contributed by atoms with Crippen LogP contribution in [0, 0.1) is 12.3 Å². The molecule has 1 saturated heterocycles. The molecule has 3 heterocycles. The van der Waals surface area contributed by atoms with Gasteiger partial charge in [0.15, 0.2) is 23.3 Å². The number of aliphatic hydroxyl groups excluding tert-OH is 1. The van der Waals surface area contributed by atoms with Gasteiger partial charge in [-0.1, -0.05) is 36.3 Å². The molecule has 4 rings (SSSR count). The Hall–Kier alpha value is -3.80. The number of nitrogens with two attached hydrogens (primary N) is 1. The predicted molar refractivity (Wildman–Crippen MR) is 141 cm³/mol. The summed E-state index contributed by atoms with van der Waals surface area (Å²) in [7, 11) is 0. The highest BCUT2D eigenvalue weighted by atomic mass is 35.5. The molecule has 2 aromatic heterocycles. The second-order valence-electron chi connectivity index (χ2n) is 8.87. The van der Waals surface area contributed by atoms with E-state index in [2.05, 4.69) is 20.9 Å². The van der Waals surface area contributed by atoms with E-state index in [4.69, 9.17) is 42.7 Å². The molecule has 212 valence electrons. The minimum Gasteiger partial charge on any atom is -0.463 e. The number of hydrogen-bond acceptors (Lipinski definition) is 12. The number of terminal acetylenes is 1. The van der Waals surface area contributed by atoms with Crippen molar-refractivity contribution in [2.24, 2.45) is 0 Å². The van der Waals surface area contributed by atoms with Crippen molar-refractivity contribution in [1.82, 2.24) is 19.5 Å². The van der Waals surface area contributed by atoms with Crippen LogP contribution in [0.25, 0.3) is 11.2 Å². The minimum atomic E-state index is -2.33. The van der Waals surface area contributed by atoms with Gasteiger partial charge in [-0.25, -0.2) is 14.6 Å². The number of benzene rings is 1. The van der Waals surface area contributed by atoms with E-state index in [9.17, 15) is 19.8 Å². The van der Waals surface area contributed by atoms with Gasteiger partial charge >= 0.3 is 11.9 Å². The number of fused-ring (bicyclic) bond motifs is 1. The summed E-state index contributed by atoms with van der Waals surface area (Å²) in [5.41, 5.74) is 2.13. The predicted octanol–water partition coefficient (Wildman–Crippen LogP) is 0.809. The molecule has 0 unspecified atom stereocenters. The number of ether oxygens (including phenoxy) is 4. The van der Waals surface area contributed by atoms with Gasteiger partial charge in [0.05, 0.1) is 26.1 Å². The first-order chi connectivity index (χ1) is 19.1. The molecule has 1 aromatic carbocycles. The Morgan fingerprint density at radius 3 is 2.48 bits per heavy atom. The Bertz CT molecular complexity index is 1410. The van der Waals surface area contributed by atoms with Crippen LogP contribution in [0.4, 0.5) is 5.82 Å². The van der Waals surface area contributed by atoms with E-state index in [1.807, 2.05) is 0 Å². The first-order valence-electron chi connectivity index (χ1n) is 12.3. The van der Waals surface area contributed by atoms with E-state index in [1.165, 1.54) is 10.9 Å².